The Bertz CT molecular complexity index is 983. The van der Waals surface area contributed by atoms with E-state index in [1.807, 2.05) is 24.3 Å². The number of pyridine rings is 1. The summed E-state index contributed by atoms with van der Waals surface area (Å²) in [5, 5.41) is 10.3. The summed E-state index contributed by atoms with van der Waals surface area (Å²) in [6, 6.07) is 10.2. The Morgan fingerprint density at radius 2 is 2.17 bits per heavy atom. The molecule has 0 aliphatic carbocycles. The van der Waals surface area contributed by atoms with Gasteiger partial charge in [0.05, 0.1) is 12.7 Å². The van der Waals surface area contributed by atoms with E-state index in [0.717, 1.165) is 37.4 Å². The van der Waals surface area contributed by atoms with E-state index in [2.05, 4.69) is 15.2 Å². The van der Waals surface area contributed by atoms with Crippen LogP contribution in [0.15, 0.2) is 55.0 Å². The molecule has 4 rings (SSSR count). The molecule has 2 bridgehead atoms. The highest BCUT2D eigenvalue weighted by molar-refractivity contribution is 6.10. The second kappa shape index (κ2) is 9.02. The van der Waals surface area contributed by atoms with E-state index >= 15 is 0 Å². The molecule has 0 radical (unpaired) electrons. The van der Waals surface area contributed by atoms with Gasteiger partial charge in [-0.15, -0.1) is 0 Å². The molecular weight excluding hydrogens is 378 g/mol. The summed E-state index contributed by atoms with van der Waals surface area (Å²) >= 11 is 0. The molecule has 3 heterocycles. The minimum Gasteiger partial charge on any atom is -0.404 e. The lowest BCUT2D eigenvalue weighted by Gasteiger charge is -2.26. The topological polar surface area (TPSA) is 104 Å². The van der Waals surface area contributed by atoms with Gasteiger partial charge in [0.1, 0.15) is 0 Å². The number of hydrogen-bond donors (Lipinski definition) is 3. The Hall–Kier alpha value is -3.29. The fourth-order valence-corrected chi connectivity index (χ4v) is 3.97. The number of hydrogen-bond acceptors (Lipinski definition) is 6. The Balaban J connectivity index is 1.36. The first-order valence-corrected chi connectivity index (χ1v) is 9.96. The van der Waals surface area contributed by atoms with Crippen LogP contribution in [0.1, 0.15) is 23.1 Å². The maximum Gasteiger partial charge on any atom is 0.248 e. The molecule has 1 aromatic carbocycles. The quantitative estimate of drug-likeness (QED) is 0.487. The van der Waals surface area contributed by atoms with Crippen LogP contribution in [0.2, 0.25) is 0 Å². The lowest BCUT2D eigenvalue weighted by atomic mass is 10.0. The molecule has 154 valence electrons. The van der Waals surface area contributed by atoms with Gasteiger partial charge in [0.25, 0.3) is 0 Å². The van der Waals surface area contributed by atoms with Crippen molar-refractivity contribution in [3.63, 3.8) is 0 Å². The van der Waals surface area contributed by atoms with Gasteiger partial charge in [-0.25, -0.2) is 0 Å². The van der Waals surface area contributed by atoms with Crippen LogP contribution in [0.25, 0.3) is 11.6 Å². The molecule has 2 unspecified atom stereocenters. The van der Waals surface area contributed by atoms with Crippen LogP contribution in [-0.2, 0) is 16.1 Å². The van der Waals surface area contributed by atoms with E-state index in [0.29, 0.717) is 23.3 Å². The maximum atomic E-state index is 12.3. The van der Waals surface area contributed by atoms with Crippen molar-refractivity contribution in [1.29, 1.82) is 5.41 Å². The molecular formula is C23H25N5O2. The maximum absolute atomic E-state index is 12.3. The van der Waals surface area contributed by atoms with Gasteiger partial charge in [0.15, 0.2) is 0 Å². The summed E-state index contributed by atoms with van der Waals surface area (Å²) in [6.45, 7) is 2.75. The van der Waals surface area contributed by atoms with Gasteiger partial charge in [0.2, 0.25) is 5.91 Å². The molecule has 2 aliphatic rings. The first-order chi connectivity index (χ1) is 14.7. The van der Waals surface area contributed by atoms with Crippen molar-refractivity contribution in [3.05, 3.63) is 71.7 Å². The van der Waals surface area contributed by atoms with Crippen molar-refractivity contribution >= 4 is 29.5 Å². The van der Waals surface area contributed by atoms with Gasteiger partial charge in [-0.05, 0) is 41.8 Å². The van der Waals surface area contributed by atoms with E-state index in [1.165, 1.54) is 24.1 Å². The third-order valence-corrected chi connectivity index (χ3v) is 5.53. The van der Waals surface area contributed by atoms with Crippen LogP contribution in [0, 0.1) is 5.41 Å². The zero-order valence-electron chi connectivity index (χ0n) is 16.6. The number of nitrogens with zero attached hydrogens (tertiary/aromatic N) is 2. The second-order valence-corrected chi connectivity index (χ2v) is 7.52. The summed E-state index contributed by atoms with van der Waals surface area (Å²) in [7, 11) is 0. The number of anilines is 1. The summed E-state index contributed by atoms with van der Waals surface area (Å²) < 4.78 is 5.65. The fourth-order valence-electron chi connectivity index (χ4n) is 3.97. The monoisotopic (exact) mass is 403 g/mol. The number of allylic oxidation sites excluding steroid dienone is 1. The minimum atomic E-state index is -0.236. The molecule has 7 nitrogen and oxygen atoms in total. The molecule has 1 amide bonds. The van der Waals surface area contributed by atoms with Crippen LogP contribution >= 0.6 is 0 Å². The van der Waals surface area contributed by atoms with E-state index in [9.17, 15) is 4.79 Å². The van der Waals surface area contributed by atoms with Crippen LogP contribution < -0.4 is 11.1 Å². The highest BCUT2D eigenvalue weighted by Crippen LogP contribution is 2.29. The number of nitrogens with two attached hydrogens (primary N) is 1. The van der Waals surface area contributed by atoms with Crippen LogP contribution in [-0.4, -0.2) is 47.3 Å². The number of benzene rings is 1. The Morgan fingerprint density at radius 3 is 2.83 bits per heavy atom. The molecule has 0 saturated carbocycles. The summed E-state index contributed by atoms with van der Waals surface area (Å²) in [5.41, 5.74) is 9.57. The average molecular weight is 403 g/mol. The van der Waals surface area contributed by atoms with E-state index in [4.69, 9.17) is 15.9 Å². The second-order valence-electron chi connectivity index (χ2n) is 7.52. The highest BCUT2D eigenvalue weighted by atomic mass is 16.5. The molecule has 4 N–H and O–H groups in total. The number of aromatic nitrogens is 1. The Labute approximate surface area is 175 Å². The molecule has 2 atom stereocenters. The number of rotatable bonds is 7. The van der Waals surface area contributed by atoms with Crippen molar-refractivity contribution in [2.75, 3.05) is 18.5 Å². The third kappa shape index (κ3) is 4.48. The van der Waals surface area contributed by atoms with Crippen molar-refractivity contribution < 1.29 is 9.53 Å². The van der Waals surface area contributed by atoms with Crippen LogP contribution in [0.3, 0.4) is 0 Å². The highest BCUT2D eigenvalue weighted by Gasteiger charge is 2.38. The number of carbonyl (C=O) groups is 1. The lowest BCUT2D eigenvalue weighted by molar-refractivity contribution is -0.111. The van der Waals surface area contributed by atoms with Gasteiger partial charge in [0, 0.05) is 66.8 Å². The first kappa shape index (κ1) is 20.0. The van der Waals surface area contributed by atoms with Gasteiger partial charge in [-0.1, -0.05) is 12.1 Å². The number of nitrogens with one attached hydrogen (secondary N) is 2. The molecule has 2 aliphatic heterocycles. The number of carbonyl (C=O) groups excluding carboxylic acids is 1. The standard InChI is InChI=1S/C23H25N5O2/c24-10-18(11-25)22-7-8-26-12-17(22)3-6-23(29)27-19-4-1-16(2-5-19)13-28-14-21-9-20(28)15-30-21/h1-8,10-12,20-21,24H,9,13-15,25H2,(H,27,29)/b6-3+,18-11+,24-10?. The normalized spacial score (nSPS) is 21.3. The first-order valence-electron chi connectivity index (χ1n) is 9.96. The molecule has 30 heavy (non-hydrogen) atoms. The molecule has 1 aromatic heterocycles. The average Bonchev–Trinajstić information content (AvgIpc) is 3.39. The van der Waals surface area contributed by atoms with Crippen LogP contribution in [0.5, 0.6) is 0 Å². The number of fused-ring (bicyclic) bond motifs is 2. The molecule has 0 spiro atoms. The SMILES string of the molecule is N=C/C(=C\N)c1ccncc1/C=C/C(=O)Nc1ccc(CN2CC3CC2CO3)cc1. The van der Waals surface area contributed by atoms with Crippen molar-refractivity contribution in [3.8, 4) is 0 Å². The van der Waals surface area contributed by atoms with Crippen molar-refractivity contribution in [2.24, 2.45) is 5.73 Å². The molecule has 2 aromatic rings. The molecule has 2 fully saturated rings. The third-order valence-electron chi connectivity index (χ3n) is 5.53. The summed E-state index contributed by atoms with van der Waals surface area (Å²) in [6.07, 6.45) is 10.5. The smallest absolute Gasteiger partial charge is 0.248 e. The zero-order chi connectivity index (χ0) is 20.9. The van der Waals surface area contributed by atoms with Gasteiger partial charge in [-0.2, -0.15) is 0 Å². The van der Waals surface area contributed by atoms with E-state index in [-0.39, 0.29) is 5.91 Å². The van der Waals surface area contributed by atoms with E-state index in [1.54, 1.807) is 24.5 Å². The number of amides is 1. The minimum absolute atomic E-state index is 0.236. The van der Waals surface area contributed by atoms with Crippen molar-refractivity contribution in [1.82, 2.24) is 9.88 Å². The Morgan fingerprint density at radius 1 is 1.33 bits per heavy atom. The Kier molecular flexibility index (Phi) is 6.02. The van der Waals surface area contributed by atoms with Gasteiger partial charge < -0.3 is 21.2 Å². The van der Waals surface area contributed by atoms with Crippen LogP contribution in [0.4, 0.5) is 5.69 Å². The summed E-state index contributed by atoms with van der Waals surface area (Å²) in [5.74, 6) is -0.236. The number of morpholine rings is 1. The molecule has 7 heteroatoms. The van der Waals surface area contributed by atoms with Gasteiger partial charge in [-0.3, -0.25) is 14.7 Å². The largest absolute Gasteiger partial charge is 0.404 e. The van der Waals surface area contributed by atoms with E-state index < -0.39 is 0 Å². The summed E-state index contributed by atoms with van der Waals surface area (Å²) in [4.78, 5) is 18.9. The lowest BCUT2D eigenvalue weighted by Crippen LogP contribution is -2.36. The molecule has 2 saturated heterocycles. The van der Waals surface area contributed by atoms with Crippen molar-refractivity contribution in [2.45, 2.75) is 25.1 Å². The zero-order valence-corrected chi connectivity index (χ0v) is 16.6. The predicted octanol–water partition coefficient (Wildman–Crippen LogP) is 2.66. The number of likely N-dealkylation sites (tertiary alicyclic amines) is 1. The fraction of sp³-hybridized carbons (Fsp3) is 0.261. The predicted molar refractivity (Wildman–Crippen MR) is 118 cm³/mol. The number of ether oxygens (including phenoxy) is 1. The van der Waals surface area contributed by atoms with Gasteiger partial charge >= 0.3 is 0 Å².